The summed E-state index contributed by atoms with van der Waals surface area (Å²) in [7, 11) is 0. The minimum absolute atomic E-state index is 0.128. The molecule has 0 aliphatic heterocycles. The largest absolute Gasteiger partial charge is 0.506 e. The number of aromatic hydroxyl groups is 1. The van der Waals surface area contributed by atoms with E-state index in [0.29, 0.717) is 12.7 Å². The molecule has 3 N–H and O–H groups in total. The number of carbonyl (C=O) groups is 2. The number of benzene rings is 1. The Morgan fingerprint density at radius 1 is 1.47 bits per heavy atom. The van der Waals surface area contributed by atoms with Gasteiger partial charge in [0, 0.05) is 12.0 Å². The molecule has 0 saturated carbocycles. The second-order valence-electron chi connectivity index (χ2n) is 4.77. The van der Waals surface area contributed by atoms with Crippen LogP contribution >= 0.6 is 0 Å². The molecule has 1 aromatic carbocycles. The summed E-state index contributed by atoms with van der Waals surface area (Å²) in [4.78, 5) is 22.5. The Balaban J connectivity index is 2.86. The van der Waals surface area contributed by atoms with Gasteiger partial charge in [0.05, 0.1) is 11.1 Å². The van der Waals surface area contributed by atoms with Crippen LogP contribution in [-0.2, 0) is 0 Å². The zero-order valence-electron chi connectivity index (χ0n) is 10.1. The molecule has 1 aromatic rings. The predicted molar refractivity (Wildman–Crippen MR) is 65.3 cm³/mol. The molecule has 0 unspecified atom stereocenters. The number of ketones is 1. The van der Waals surface area contributed by atoms with Crippen LogP contribution in [0.5, 0.6) is 5.75 Å². The minimum atomic E-state index is -0.423. The number of Topliss-reactive ketones (excluding diaryl/α,β-unsaturated/α-hetero) is 1. The summed E-state index contributed by atoms with van der Waals surface area (Å²) in [5.74, 6) is -0.452. The van der Waals surface area contributed by atoms with Crippen LogP contribution in [0.2, 0.25) is 0 Å². The Labute approximate surface area is 100 Å². The lowest BCUT2D eigenvalue weighted by atomic mass is 9.95. The molecule has 0 atom stereocenters. The normalized spacial score (nSPS) is 11.2. The van der Waals surface area contributed by atoms with Crippen LogP contribution in [0.15, 0.2) is 18.2 Å². The van der Waals surface area contributed by atoms with Crippen molar-refractivity contribution in [3.05, 3.63) is 29.3 Å². The highest BCUT2D eigenvalue weighted by atomic mass is 16.3. The predicted octanol–water partition coefficient (Wildman–Crippen LogP) is 1.90. The smallest absolute Gasteiger partial charge is 0.166 e. The average molecular weight is 235 g/mol. The molecule has 4 nitrogen and oxygen atoms in total. The van der Waals surface area contributed by atoms with Gasteiger partial charge >= 0.3 is 0 Å². The highest BCUT2D eigenvalue weighted by molar-refractivity contribution is 6.00. The first-order valence-corrected chi connectivity index (χ1v) is 5.44. The third-order valence-electron chi connectivity index (χ3n) is 2.49. The molecule has 0 bridgehead atoms. The monoisotopic (exact) mass is 235 g/mol. The van der Waals surface area contributed by atoms with E-state index in [9.17, 15) is 14.7 Å². The molecule has 0 aromatic heterocycles. The molecule has 0 radical (unpaired) electrons. The molecule has 4 heteroatoms. The van der Waals surface area contributed by atoms with Gasteiger partial charge < -0.3 is 10.8 Å². The van der Waals surface area contributed by atoms with Crippen molar-refractivity contribution in [2.75, 3.05) is 0 Å². The standard InChI is InChI=1S/C13H17NO3/c1-13(2,14)7-6-11(16)10-5-3-4-9(8-15)12(10)17/h3-5,8,17H,6-7,14H2,1-2H3. The molecule has 0 fully saturated rings. The second-order valence-corrected chi connectivity index (χ2v) is 4.77. The van der Waals surface area contributed by atoms with Gasteiger partial charge in [-0.25, -0.2) is 0 Å². The second kappa shape index (κ2) is 5.10. The van der Waals surface area contributed by atoms with Gasteiger partial charge in [-0.15, -0.1) is 0 Å². The third-order valence-corrected chi connectivity index (χ3v) is 2.49. The fraction of sp³-hybridized carbons (Fsp3) is 0.385. The number of nitrogens with two attached hydrogens (primary N) is 1. The van der Waals surface area contributed by atoms with Crippen molar-refractivity contribution >= 4 is 12.1 Å². The number of rotatable bonds is 5. The Hall–Kier alpha value is -1.68. The lowest BCUT2D eigenvalue weighted by Gasteiger charge is -2.17. The van der Waals surface area contributed by atoms with Crippen LogP contribution in [0.1, 0.15) is 47.4 Å². The summed E-state index contributed by atoms with van der Waals surface area (Å²) < 4.78 is 0. The van der Waals surface area contributed by atoms with Crippen LogP contribution in [0, 0.1) is 0 Å². The molecule has 0 aliphatic carbocycles. The topological polar surface area (TPSA) is 80.4 Å². The quantitative estimate of drug-likeness (QED) is 0.603. The molecule has 0 saturated heterocycles. The zero-order chi connectivity index (χ0) is 13.1. The highest BCUT2D eigenvalue weighted by Gasteiger charge is 2.17. The number of aldehydes is 1. The molecule has 1 rings (SSSR count). The number of phenols is 1. The highest BCUT2D eigenvalue weighted by Crippen LogP contribution is 2.23. The molecule has 0 amide bonds. The summed E-state index contributed by atoms with van der Waals surface area (Å²) in [6.07, 6.45) is 1.30. The van der Waals surface area contributed by atoms with Crippen molar-refractivity contribution in [3.63, 3.8) is 0 Å². The fourth-order valence-electron chi connectivity index (χ4n) is 1.45. The van der Waals surface area contributed by atoms with Crippen molar-refractivity contribution in [1.29, 1.82) is 0 Å². The first-order chi connectivity index (χ1) is 7.85. The lowest BCUT2D eigenvalue weighted by molar-refractivity contribution is 0.0970. The van der Waals surface area contributed by atoms with E-state index in [0.717, 1.165) is 0 Å². The molecule has 17 heavy (non-hydrogen) atoms. The van der Waals surface area contributed by atoms with Crippen LogP contribution < -0.4 is 5.73 Å². The molecule has 0 spiro atoms. The number of hydrogen-bond donors (Lipinski definition) is 2. The van der Waals surface area contributed by atoms with E-state index in [1.807, 2.05) is 13.8 Å². The summed E-state index contributed by atoms with van der Waals surface area (Å²) >= 11 is 0. The number of para-hydroxylation sites is 1. The Kier molecular flexibility index (Phi) is 4.02. The molecular weight excluding hydrogens is 218 g/mol. The SMILES string of the molecule is CC(C)(N)CCC(=O)c1cccc(C=O)c1O. The number of carbonyl (C=O) groups excluding carboxylic acids is 2. The van der Waals surface area contributed by atoms with E-state index in [1.165, 1.54) is 12.1 Å². The van der Waals surface area contributed by atoms with Crippen molar-refractivity contribution in [3.8, 4) is 5.75 Å². The third kappa shape index (κ3) is 3.67. The average Bonchev–Trinajstić information content (AvgIpc) is 2.25. The van der Waals surface area contributed by atoms with Crippen molar-refractivity contribution in [2.45, 2.75) is 32.2 Å². The van der Waals surface area contributed by atoms with Crippen molar-refractivity contribution < 1.29 is 14.7 Å². The van der Waals surface area contributed by atoms with Crippen LogP contribution in [0.4, 0.5) is 0 Å². The van der Waals surface area contributed by atoms with E-state index in [1.54, 1.807) is 6.07 Å². The fourth-order valence-corrected chi connectivity index (χ4v) is 1.45. The van der Waals surface area contributed by atoms with Crippen LogP contribution in [0.25, 0.3) is 0 Å². The summed E-state index contributed by atoms with van der Waals surface area (Å²) in [5, 5.41) is 9.71. The van der Waals surface area contributed by atoms with E-state index < -0.39 is 5.54 Å². The van der Waals surface area contributed by atoms with Crippen molar-refractivity contribution in [1.82, 2.24) is 0 Å². The maximum Gasteiger partial charge on any atom is 0.166 e. The Bertz CT molecular complexity index is 433. The first kappa shape index (κ1) is 13.4. The summed E-state index contributed by atoms with van der Waals surface area (Å²) in [5.41, 5.74) is 5.67. The van der Waals surface area contributed by atoms with E-state index in [-0.39, 0.29) is 29.1 Å². The van der Waals surface area contributed by atoms with E-state index in [2.05, 4.69) is 0 Å². The van der Waals surface area contributed by atoms with Crippen LogP contribution in [-0.4, -0.2) is 22.7 Å². The summed E-state index contributed by atoms with van der Waals surface area (Å²) in [6, 6.07) is 4.55. The van der Waals surface area contributed by atoms with Crippen LogP contribution in [0.3, 0.4) is 0 Å². The van der Waals surface area contributed by atoms with Crippen molar-refractivity contribution in [2.24, 2.45) is 5.73 Å². The van der Waals surface area contributed by atoms with Gasteiger partial charge in [0.25, 0.3) is 0 Å². The van der Waals surface area contributed by atoms with Gasteiger partial charge in [-0.1, -0.05) is 6.07 Å². The maximum atomic E-state index is 11.8. The lowest BCUT2D eigenvalue weighted by Crippen LogP contribution is -2.32. The van der Waals surface area contributed by atoms with Gasteiger partial charge in [-0.2, -0.15) is 0 Å². The Morgan fingerprint density at radius 3 is 2.65 bits per heavy atom. The van der Waals surface area contributed by atoms with E-state index >= 15 is 0 Å². The molecule has 0 heterocycles. The minimum Gasteiger partial charge on any atom is -0.506 e. The van der Waals surface area contributed by atoms with Gasteiger partial charge in [-0.3, -0.25) is 9.59 Å². The maximum absolute atomic E-state index is 11.8. The van der Waals surface area contributed by atoms with Gasteiger partial charge in [-0.05, 0) is 32.4 Å². The first-order valence-electron chi connectivity index (χ1n) is 5.44. The molecular formula is C13H17NO3. The molecule has 0 aliphatic rings. The van der Waals surface area contributed by atoms with Gasteiger partial charge in [0.1, 0.15) is 5.75 Å². The molecule has 92 valence electrons. The number of phenolic OH excluding ortho intramolecular Hbond substituents is 1. The number of hydrogen-bond acceptors (Lipinski definition) is 4. The van der Waals surface area contributed by atoms with E-state index in [4.69, 9.17) is 5.73 Å². The zero-order valence-corrected chi connectivity index (χ0v) is 10.1. The Morgan fingerprint density at radius 2 is 2.12 bits per heavy atom. The van der Waals surface area contributed by atoms with Gasteiger partial charge in [0.15, 0.2) is 12.1 Å². The summed E-state index contributed by atoms with van der Waals surface area (Å²) in [6.45, 7) is 3.67. The van der Waals surface area contributed by atoms with Gasteiger partial charge in [0.2, 0.25) is 0 Å².